The van der Waals surface area contributed by atoms with E-state index in [4.69, 9.17) is 5.11 Å². The summed E-state index contributed by atoms with van der Waals surface area (Å²) < 4.78 is 0.713. The number of thiazole rings is 1. The summed E-state index contributed by atoms with van der Waals surface area (Å²) >= 11 is 2.66. The molecular formula is C10H13N5O2S2. The Labute approximate surface area is 118 Å². The zero-order valence-electron chi connectivity index (χ0n) is 10.7. The van der Waals surface area contributed by atoms with Gasteiger partial charge in [0.25, 0.3) is 0 Å². The number of aliphatic carboxylic acids is 1. The predicted octanol–water partition coefficient (Wildman–Crippen LogP) is 1.66. The molecule has 0 saturated carbocycles. The Bertz CT molecular complexity index is 587. The molecule has 2 rings (SSSR count). The van der Waals surface area contributed by atoms with Crippen molar-refractivity contribution in [2.75, 3.05) is 0 Å². The van der Waals surface area contributed by atoms with Gasteiger partial charge < -0.3 is 5.11 Å². The van der Waals surface area contributed by atoms with Crippen LogP contribution in [0.1, 0.15) is 26.5 Å². The molecule has 0 aromatic carbocycles. The van der Waals surface area contributed by atoms with Gasteiger partial charge >= 0.3 is 5.97 Å². The predicted molar refractivity (Wildman–Crippen MR) is 70.4 cm³/mol. The molecule has 2 heterocycles. The third-order valence-corrected chi connectivity index (χ3v) is 3.87. The van der Waals surface area contributed by atoms with E-state index in [0.717, 1.165) is 0 Å². The first-order valence-electron chi connectivity index (χ1n) is 5.49. The fourth-order valence-corrected chi connectivity index (χ4v) is 2.79. The van der Waals surface area contributed by atoms with Crippen LogP contribution in [0.4, 0.5) is 0 Å². The summed E-state index contributed by atoms with van der Waals surface area (Å²) in [5.74, 6) is -0.890. The Balaban J connectivity index is 2.07. The lowest BCUT2D eigenvalue weighted by atomic mass is 10.1. The van der Waals surface area contributed by atoms with Gasteiger partial charge in [-0.25, -0.2) is 4.98 Å². The highest BCUT2D eigenvalue weighted by Gasteiger charge is 2.18. The van der Waals surface area contributed by atoms with Gasteiger partial charge in [-0.1, -0.05) is 0 Å². The number of hydrogen-bond acceptors (Lipinski definition) is 7. The van der Waals surface area contributed by atoms with E-state index in [9.17, 15) is 4.79 Å². The second kappa shape index (κ2) is 5.25. The molecule has 2 aromatic heterocycles. The van der Waals surface area contributed by atoms with Crippen LogP contribution in [0.5, 0.6) is 0 Å². The van der Waals surface area contributed by atoms with Crippen LogP contribution in [0.2, 0.25) is 0 Å². The third-order valence-electron chi connectivity index (χ3n) is 2.04. The number of nitrogens with zero attached hydrogens (tertiary/aromatic N) is 5. The Hall–Kier alpha value is -1.48. The van der Waals surface area contributed by atoms with Crippen molar-refractivity contribution in [3.05, 3.63) is 11.1 Å². The normalized spacial score (nSPS) is 11.7. The van der Waals surface area contributed by atoms with Gasteiger partial charge in [-0.05, 0) is 37.7 Å². The number of hydrogen-bond donors (Lipinski definition) is 1. The first-order valence-corrected chi connectivity index (χ1v) is 7.19. The fraction of sp³-hybridized carbons (Fsp3) is 0.500. The fourth-order valence-electron chi connectivity index (χ4n) is 1.18. The molecule has 0 aliphatic heterocycles. The van der Waals surface area contributed by atoms with Gasteiger partial charge in [-0.3, -0.25) is 4.79 Å². The average Bonchev–Trinajstić information content (AvgIpc) is 2.86. The van der Waals surface area contributed by atoms with Crippen molar-refractivity contribution in [1.29, 1.82) is 0 Å². The van der Waals surface area contributed by atoms with Crippen LogP contribution in [-0.2, 0) is 16.8 Å². The summed E-state index contributed by atoms with van der Waals surface area (Å²) in [6.45, 7) is 5.95. The van der Waals surface area contributed by atoms with Crippen molar-refractivity contribution in [3.63, 3.8) is 0 Å². The van der Waals surface area contributed by atoms with Gasteiger partial charge in [0.15, 0.2) is 4.34 Å². The molecule has 0 bridgehead atoms. The first kappa shape index (κ1) is 13.9. The Morgan fingerprint density at radius 1 is 1.53 bits per heavy atom. The summed E-state index contributed by atoms with van der Waals surface area (Å²) in [4.78, 5) is 16.3. The summed E-state index contributed by atoms with van der Waals surface area (Å²) in [6, 6.07) is 0. The Morgan fingerprint density at radius 3 is 2.84 bits per heavy atom. The molecule has 0 fully saturated rings. The molecule has 0 amide bonds. The van der Waals surface area contributed by atoms with Crippen LogP contribution < -0.4 is 0 Å². The van der Waals surface area contributed by atoms with Crippen molar-refractivity contribution in [3.8, 4) is 0 Å². The molecule has 0 aliphatic carbocycles. The minimum Gasteiger partial charge on any atom is -0.481 e. The number of tetrazole rings is 1. The smallest absolute Gasteiger partial charge is 0.309 e. The highest BCUT2D eigenvalue weighted by atomic mass is 32.2. The van der Waals surface area contributed by atoms with E-state index in [1.165, 1.54) is 23.1 Å². The Morgan fingerprint density at radius 2 is 2.26 bits per heavy atom. The topological polar surface area (TPSA) is 93.8 Å². The average molecular weight is 299 g/mol. The standard InChI is InChI=1S/C10H13N5O2S2/c1-10(2,3)15-13-8(12-14-15)19-9-11-6(5-18-9)4-7(16)17/h5H,4H2,1-3H3,(H,16,17). The molecule has 1 N–H and O–H groups in total. The van der Waals surface area contributed by atoms with Gasteiger partial charge in [0, 0.05) is 5.38 Å². The lowest BCUT2D eigenvalue weighted by molar-refractivity contribution is -0.136. The second-order valence-electron chi connectivity index (χ2n) is 4.81. The molecule has 19 heavy (non-hydrogen) atoms. The summed E-state index contributed by atoms with van der Waals surface area (Å²) in [5, 5.41) is 23.1. The maximum Gasteiger partial charge on any atom is 0.309 e. The highest BCUT2D eigenvalue weighted by Crippen LogP contribution is 2.28. The van der Waals surface area contributed by atoms with E-state index in [2.05, 4.69) is 20.4 Å². The van der Waals surface area contributed by atoms with Crippen molar-refractivity contribution >= 4 is 29.1 Å². The van der Waals surface area contributed by atoms with Crippen LogP contribution in [0.15, 0.2) is 14.9 Å². The maximum atomic E-state index is 10.6. The number of rotatable bonds is 4. The molecule has 9 heteroatoms. The summed E-state index contributed by atoms with van der Waals surface area (Å²) in [6.07, 6.45) is -0.0703. The van der Waals surface area contributed by atoms with Gasteiger partial charge in [0.1, 0.15) is 0 Å². The molecule has 2 aromatic rings. The van der Waals surface area contributed by atoms with Gasteiger partial charge in [0.2, 0.25) is 5.16 Å². The van der Waals surface area contributed by atoms with Crippen LogP contribution in [0, 0.1) is 0 Å². The SMILES string of the molecule is CC(C)(C)n1nnc(Sc2nc(CC(=O)O)cs2)n1. The lowest BCUT2D eigenvalue weighted by Gasteiger charge is -2.15. The monoisotopic (exact) mass is 299 g/mol. The number of carboxylic acids is 1. The van der Waals surface area contributed by atoms with Crippen molar-refractivity contribution < 1.29 is 9.90 Å². The van der Waals surface area contributed by atoms with Gasteiger partial charge in [-0.2, -0.15) is 4.80 Å². The summed E-state index contributed by atoms with van der Waals surface area (Å²) in [5.41, 5.74) is 0.326. The molecule has 0 radical (unpaired) electrons. The highest BCUT2D eigenvalue weighted by molar-refractivity contribution is 8.00. The maximum absolute atomic E-state index is 10.6. The van der Waals surface area contributed by atoms with E-state index < -0.39 is 5.97 Å². The number of aromatic nitrogens is 5. The van der Waals surface area contributed by atoms with E-state index in [1.54, 1.807) is 10.2 Å². The minimum atomic E-state index is -0.890. The van der Waals surface area contributed by atoms with Crippen LogP contribution in [-0.4, -0.2) is 36.3 Å². The minimum absolute atomic E-state index is 0.0703. The van der Waals surface area contributed by atoms with Gasteiger partial charge in [-0.15, -0.1) is 21.5 Å². The zero-order valence-corrected chi connectivity index (χ0v) is 12.3. The van der Waals surface area contributed by atoms with E-state index >= 15 is 0 Å². The van der Waals surface area contributed by atoms with E-state index in [-0.39, 0.29) is 12.0 Å². The largest absolute Gasteiger partial charge is 0.481 e. The quantitative estimate of drug-likeness (QED) is 0.917. The third kappa shape index (κ3) is 3.74. The van der Waals surface area contributed by atoms with Crippen molar-refractivity contribution in [2.24, 2.45) is 0 Å². The van der Waals surface area contributed by atoms with E-state index in [1.807, 2.05) is 20.8 Å². The number of carboxylic acid groups (broad SMARTS) is 1. The molecule has 0 atom stereocenters. The molecule has 102 valence electrons. The van der Waals surface area contributed by atoms with E-state index in [0.29, 0.717) is 15.2 Å². The molecule has 0 spiro atoms. The first-order chi connectivity index (χ1) is 8.84. The van der Waals surface area contributed by atoms with Crippen LogP contribution >= 0.6 is 23.1 Å². The molecule has 7 nitrogen and oxygen atoms in total. The van der Waals surface area contributed by atoms with Crippen molar-refractivity contribution in [2.45, 2.75) is 42.2 Å². The molecule has 0 saturated heterocycles. The van der Waals surface area contributed by atoms with Gasteiger partial charge in [0.05, 0.1) is 17.7 Å². The molecule has 0 aliphatic rings. The number of carbonyl (C=O) groups is 1. The van der Waals surface area contributed by atoms with Crippen LogP contribution in [0.25, 0.3) is 0 Å². The molecular weight excluding hydrogens is 286 g/mol. The zero-order chi connectivity index (χ0) is 14.0. The summed E-state index contributed by atoms with van der Waals surface area (Å²) in [7, 11) is 0. The second-order valence-corrected chi connectivity index (χ2v) is 6.88. The molecule has 0 unspecified atom stereocenters. The Kier molecular flexibility index (Phi) is 3.85. The van der Waals surface area contributed by atoms with Crippen LogP contribution in [0.3, 0.4) is 0 Å². The lowest BCUT2D eigenvalue weighted by Crippen LogP contribution is -2.24. The van der Waals surface area contributed by atoms with Crippen molar-refractivity contribution in [1.82, 2.24) is 25.2 Å².